The van der Waals surface area contributed by atoms with Gasteiger partial charge in [0.15, 0.2) is 0 Å². The Morgan fingerprint density at radius 2 is 2.06 bits per heavy atom. The minimum absolute atomic E-state index is 0.0382. The molecule has 1 unspecified atom stereocenters. The molecule has 1 amide bonds. The lowest BCUT2D eigenvalue weighted by Crippen LogP contribution is -2.39. The van der Waals surface area contributed by atoms with Gasteiger partial charge in [0.2, 0.25) is 5.91 Å². The van der Waals surface area contributed by atoms with Crippen molar-refractivity contribution in [2.45, 2.75) is 32.1 Å². The topological polar surface area (TPSA) is 74.2 Å². The van der Waals surface area contributed by atoms with Crippen LogP contribution in [0.25, 0.3) is 11.3 Å². The van der Waals surface area contributed by atoms with Gasteiger partial charge >= 0.3 is 0 Å². The van der Waals surface area contributed by atoms with Crippen molar-refractivity contribution in [3.63, 3.8) is 0 Å². The number of carbonyl (C=O) groups excluding carboxylic acids is 1. The van der Waals surface area contributed by atoms with Gasteiger partial charge < -0.3 is 15.1 Å². The zero-order valence-corrected chi connectivity index (χ0v) is 19.3. The van der Waals surface area contributed by atoms with Gasteiger partial charge in [-0.25, -0.2) is 19.3 Å². The number of likely N-dealkylation sites (tertiary alicyclic amines) is 1. The SMILES string of the molecule is CCC(=O)N1CCCC(c2nc(Nc3cccc(F)c3)cc(-c3ccc(N(C)C)nc3)n2)C1. The molecule has 0 bridgehead atoms. The van der Waals surface area contributed by atoms with Crippen LogP contribution in [-0.2, 0) is 4.79 Å². The summed E-state index contributed by atoms with van der Waals surface area (Å²) in [6.07, 6.45) is 4.11. The van der Waals surface area contributed by atoms with Crippen molar-refractivity contribution in [2.24, 2.45) is 0 Å². The Labute approximate surface area is 193 Å². The average molecular weight is 449 g/mol. The van der Waals surface area contributed by atoms with Crippen LogP contribution in [0.3, 0.4) is 0 Å². The van der Waals surface area contributed by atoms with Gasteiger partial charge in [0.05, 0.1) is 5.69 Å². The maximum absolute atomic E-state index is 13.7. The van der Waals surface area contributed by atoms with E-state index in [9.17, 15) is 9.18 Å². The smallest absolute Gasteiger partial charge is 0.222 e. The highest BCUT2D eigenvalue weighted by Crippen LogP contribution is 2.30. The summed E-state index contributed by atoms with van der Waals surface area (Å²) in [5.74, 6) is 1.98. The summed E-state index contributed by atoms with van der Waals surface area (Å²) in [7, 11) is 3.89. The maximum Gasteiger partial charge on any atom is 0.222 e. The molecule has 33 heavy (non-hydrogen) atoms. The molecule has 0 radical (unpaired) electrons. The Balaban J connectivity index is 1.70. The third-order valence-electron chi connectivity index (χ3n) is 5.78. The second-order valence-corrected chi connectivity index (χ2v) is 8.46. The van der Waals surface area contributed by atoms with Gasteiger partial charge in [-0.3, -0.25) is 4.79 Å². The number of amides is 1. The van der Waals surface area contributed by atoms with Crippen LogP contribution in [0.1, 0.15) is 37.9 Å². The fourth-order valence-corrected chi connectivity index (χ4v) is 4.01. The average Bonchev–Trinajstić information content (AvgIpc) is 2.83. The van der Waals surface area contributed by atoms with E-state index in [2.05, 4.69) is 10.3 Å². The Hall–Kier alpha value is -3.55. The third kappa shape index (κ3) is 5.45. The van der Waals surface area contributed by atoms with Crippen LogP contribution in [0.2, 0.25) is 0 Å². The number of nitrogens with one attached hydrogen (secondary N) is 1. The van der Waals surface area contributed by atoms with Crippen molar-refractivity contribution in [2.75, 3.05) is 37.4 Å². The summed E-state index contributed by atoms with van der Waals surface area (Å²) in [6, 6.07) is 12.0. The molecule has 2 aromatic heterocycles. The normalized spacial score (nSPS) is 15.9. The minimum atomic E-state index is -0.320. The van der Waals surface area contributed by atoms with Gasteiger partial charge in [-0.1, -0.05) is 13.0 Å². The Kier molecular flexibility index (Phi) is 6.82. The largest absolute Gasteiger partial charge is 0.363 e. The quantitative estimate of drug-likeness (QED) is 0.594. The Morgan fingerprint density at radius 3 is 2.76 bits per heavy atom. The fraction of sp³-hybridized carbons (Fsp3) is 0.360. The lowest BCUT2D eigenvalue weighted by atomic mass is 9.96. The number of benzene rings is 1. The lowest BCUT2D eigenvalue weighted by Gasteiger charge is -2.32. The number of hydrogen-bond acceptors (Lipinski definition) is 6. The van der Waals surface area contributed by atoms with Crippen LogP contribution in [0, 0.1) is 5.82 Å². The molecular formula is C25H29FN6O. The standard InChI is InChI=1S/C25H29FN6O/c1-4-24(33)32-12-6-7-18(16-32)25-29-21(17-10-11-23(27-15-17)31(2)3)14-22(30-25)28-20-9-5-8-19(26)13-20/h5,8-11,13-15,18H,4,6-7,12,16H2,1-3H3,(H,28,29,30). The Morgan fingerprint density at radius 1 is 1.21 bits per heavy atom. The van der Waals surface area contributed by atoms with Crippen LogP contribution in [0.15, 0.2) is 48.7 Å². The molecule has 172 valence electrons. The highest BCUT2D eigenvalue weighted by Gasteiger charge is 2.26. The van der Waals surface area contributed by atoms with Gasteiger partial charge in [0.1, 0.15) is 23.3 Å². The van der Waals surface area contributed by atoms with Gasteiger partial charge in [0, 0.05) is 63.0 Å². The van der Waals surface area contributed by atoms with E-state index in [0.29, 0.717) is 30.3 Å². The molecule has 8 heteroatoms. The number of hydrogen-bond donors (Lipinski definition) is 1. The molecule has 4 rings (SSSR count). The van der Waals surface area contributed by atoms with E-state index in [1.807, 2.05) is 49.0 Å². The third-order valence-corrected chi connectivity index (χ3v) is 5.78. The molecule has 1 fully saturated rings. The molecule has 7 nitrogen and oxygen atoms in total. The summed E-state index contributed by atoms with van der Waals surface area (Å²) in [5, 5.41) is 3.21. The highest BCUT2D eigenvalue weighted by molar-refractivity contribution is 5.76. The van der Waals surface area contributed by atoms with E-state index >= 15 is 0 Å². The second-order valence-electron chi connectivity index (χ2n) is 8.46. The number of anilines is 3. The lowest BCUT2D eigenvalue weighted by molar-refractivity contribution is -0.132. The predicted molar refractivity (Wildman–Crippen MR) is 128 cm³/mol. The molecular weight excluding hydrogens is 419 g/mol. The number of carbonyl (C=O) groups is 1. The summed E-state index contributed by atoms with van der Waals surface area (Å²) in [6.45, 7) is 3.26. The number of piperidine rings is 1. The van der Waals surface area contributed by atoms with Crippen molar-refractivity contribution in [3.05, 3.63) is 60.3 Å². The number of nitrogens with zero attached hydrogens (tertiary/aromatic N) is 5. The van der Waals surface area contributed by atoms with Crippen LogP contribution < -0.4 is 10.2 Å². The molecule has 0 aliphatic carbocycles. The molecule has 1 aliphatic rings. The van der Waals surface area contributed by atoms with Gasteiger partial charge in [-0.15, -0.1) is 0 Å². The first-order chi connectivity index (χ1) is 15.9. The molecule has 3 heterocycles. The summed E-state index contributed by atoms with van der Waals surface area (Å²) < 4.78 is 13.7. The van der Waals surface area contributed by atoms with E-state index in [0.717, 1.165) is 36.5 Å². The van der Waals surface area contributed by atoms with Crippen LogP contribution >= 0.6 is 0 Å². The minimum Gasteiger partial charge on any atom is -0.363 e. The number of rotatable bonds is 6. The van der Waals surface area contributed by atoms with E-state index in [1.54, 1.807) is 18.3 Å². The van der Waals surface area contributed by atoms with Gasteiger partial charge in [0.25, 0.3) is 0 Å². The Bertz CT molecular complexity index is 1120. The first-order valence-corrected chi connectivity index (χ1v) is 11.3. The maximum atomic E-state index is 13.7. The summed E-state index contributed by atoms with van der Waals surface area (Å²) in [5.41, 5.74) is 2.21. The van der Waals surface area contributed by atoms with E-state index < -0.39 is 0 Å². The first-order valence-electron chi connectivity index (χ1n) is 11.3. The monoisotopic (exact) mass is 448 g/mol. The van der Waals surface area contributed by atoms with Crippen molar-refractivity contribution < 1.29 is 9.18 Å². The predicted octanol–water partition coefficient (Wildman–Crippen LogP) is 4.60. The van der Waals surface area contributed by atoms with Crippen molar-refractivity contribution in [3.8, 4) is 11.3 Å². The van der Waals surface area contributed by atoms with Crippen molar-refractivity contribution >= 4 is 23.2 Å². The molecule has 1 aliphatic heterocycles. The zero-order valence-electron chi connectivity index (χ0n) is 19.3. The number of aromatic nitrogens is 3. The molecule has 0 spiro atoms. The van der Waals surface area contributed by atoms with E-state index in [1.165, 1.54) is 12.1 Å². The molecule has 0 saturated carbocycles. The number of halogens is 1. The summed E-state index contributed by atoms with van der Waals surface area (Å²) in [4.78, 5) is 30.3. The van der Waals surface area contributed by atoms with Gasteiger partial charge in [-0.2, -0.15) is 0 Å². The van der Waals surface area contributed by atoms with E-state index in [-0.39, 0.29) is 17.6 Å². The molecule has 1 atom stereocenters. The van der Waals surface area contributed by atoms with Crippen LogP contribution in [0.4, 0.5) is 21.7 Å². The summed E-state index contributed by atoms with van der Waals surface area (Å²) >= 11 is 0. The van der Waals surface area contributed by atoms with E-state index in [4.69, 9.17) is 9.97 Å². The van der Waals surface area contributed by atoms with Crippen molar-refractivity contribution in [1.29, 1.82) is 0 Å². The molecule has 1 N–H and O–H groups in total. The second kappa shape index (κ2) is 9.94. The molecule has 1 aromatic carbocycles. The molecule has 3 aromatic rings. The molecule has 1 saturated heterocycles. The van der Waals surface area contributed by atoms with Crippen LogP contribution in [0.5, 0.6) is 0 Å². The number of pyridine rings is 1. The first kappa shape index (κ1) is 22.6. The fourth-order valence-electron chi connectivity index (χ4n) is 4.01. The van der Waals surface area contributed by atoms with Crippen LogP contribution in [-0.4, -0.2) is 52.9 Å². The highest BCUT2D eigenvalue weighted by atomic mass is 19.1. The zero-order chi connectivity index (χ0) is 23.4. The van der Waals surface area contributed by atoms with Crippen molar-refractivity contribution in [1.82, 2.24) is 19.9 Å². The van der Waals surface area contributed by atoms with Gasteiger partial charge in [-0.05, 0) is 43.2 Å².